The number of rotatable bonds is 7. The van der Waals surface area contributed by atoms with Crippen LogP contribution in [0.5, 0.6) is 0 Å². The summed E-state index contributed by atoms with van der Waals surface area (Å²) in [5.41, 5.74) is 0.868. The van der Waals surface area contributed by atoms with Crippen LogP contribution in [0, 0.1) is 18.6 Å². The maximum Gasteiger partial charge on any atom is 0.254 e. The van der Waals surface area contributed by atoms with Crippen LogP contribution in [0.2, 0.25) is 0 Å². The van der Waals surface area contributed by atoms with Gasteiger partial charge < -0.3 is 16.0 Å². The van der Waals surface area contributed by atoms with Crippen LogP contribution in [0.4, 0.5) is 26.2 Å². The maximum absolute atomic E-state index is 13.5. The fourth-order valence-electron chi connectivity index (χ4n) is 2.36. The van der Waals surface area contributed by atoms with Crippen molar-refractivity contribution in [2.24, 2.45) is 0 Å². The van der Waals surface area contributed by atoms with Crippen molar-refractivity contribution < 1.29 is 13.6 Å². The van der Waals surface area contributed by atoms with Crippen LogP contribution >= 0.6 is 0 Å². The van der Waals surface area contributed by atoms with E-state index in [1.54, 1.807) is 18.3 Å². The van der Waals surface area contributed by atoms with E-state index < -0.39 is 17.5 Å². The third-order valence-electron chi connectivity index (χ3n) is 3.73. The summed E-state index contributed by atoms with van der Waals surface area (Å²) < 4.78 is 26.4. The number of pyridine rings is 1. The minimum absolute atomic E-state index is 0.207. The SMILES string of the molecule is Cc1ccnc(Nc2ccc(NCCNC(=O)c3ccc(F)cc3F)nn2)c1. The Bertz CT molecular complexity index is 965. The summed E-state index contributed by atoms with van der Waals surface area (Å²) in [6.07, 6.45) is 1.70. The lowest BCUT2D eigenvalue weighted by molar-refractivity contribution is 0.0951. The van der Waals surface area contributed by atoms with Gasteiger partial charge in [0.1, 0.15) is 23.3 Å². The first-order chi connectivity index (χ1) is 13.5. The number of amides is 1. The molecule has 0 aliphatic carbocycles. The molecule has 0 spiro atoms. The fraction of sp³-hybridized carbons (Fsp3) is 0.158. The van der Waals surface area contributed by atoms with Crippen molar-refractivity contribution >= 4 is 23.4 Å². The average molecular weight is 384 g/mol. The molecule has 7 nitrogen and oxygen atoms in total. The molecule has 2 heterocycles. The van der Waals surface area contributed by atoms with Crippen molar-refractivity contribution in [3.8, 4) is 0 Å². The molecule has 9 heteroatoms. The summed E-state index contributed by atoms with van der Waals surface area (Å²) in [4.78, 5) is 16.1. The van der Waals surface area contributed by atoms with Gasteiger partial charge in [-0.3, -0.25) is 4.79 Å². The molecule has 0 aliphatic rings. The first kappa shape index (κ1) is 19.2. The van der Waals surface area contributed by atoms with Gasteiger partial charge >= 0.3 is 0 Å². The zero-order valence-corrected chi connectivity index (χ0v) is 15.0. The van der Waals surface area contributed by atoms with Crippen molar-refractivity contribution in [2.45, 2.75) is 6.92 Å². The van der Waals surface area contributed by atoms with E-state index in [1.807, 2.05) is 19.1 Å². The Labute approximate surface area is 160 Å². The molecule has 3 rings (SSSR count). The van der Waals surface area contributed by atoms with Crippen LogP contribution in [0.15, 0.2) is 48.7 Å². The molecular formula is C19H18F2N6O. The van der Waals surface area contributed by atoms with Gasteiger partial charge in [0.2, 0.25) is 0 Å². The van der Waals surface area contributed by atoms with Crippen LogP contribution in [0.1, 0.15) is 15.9 Å². The number of nitrogens with one attached hydrogen (secondary N) is 3. The molecular weight excluding hydrogens is 366 g/mol. The Balaban J connectivity index is 1.45. The molecule has 0 bridgehead atoms. The lowest BCUT2D eigenvalue weighted by atomic mass is 10.2. The molecule has 28 heavy (non-hydrogen) atoms. The Hall–Kier alpha value is -3.62. The first-order valence-electron chi connectivity index (χ1n) is 8.52. The minimum atomic E-state index is -0.900. The zero-order valence-electron chi connectivity index (χ0n) is 15.0. The van der Waals surface area contributed by atoms with Gasteiger partial charge in [0.25, 0.3) is 5.91 Å². The standard InChI is InChI=1S/C19H18F2N6O/c1-12-6-7-22-18(10-12)25-17-5-4-16(26-27-17)23-8-9-24-19(28)14-3-2-13(20)11-15(14)21/h2-7,10-11H,8-9H2,1H3,(H,23,26)(H,24,28)(H,22,25,27). The number of hydrogen-bond acceptors (Lipinski definition) is 6. The van der Waals surface area contributed by atoms with Crippen molar-refractivity contribution in [3.05, 3.63) is 71.4 Å². The van der Waals surface area contributed by atoms with E-state index in [0.717, 1.165) is 17.7 Å². The molecule has 2 aromatic heterocycles. The maximum atomic E-state index is 13.5. The molecule has 0 radical (unpaired) electrons. The smallest absolute Gasteiger partial charge is 0.254 e. The van der Waals surface area contributed by atoms with Gasteiger partial charge in [0.05, 0.1) is 5.56 Å². The van der Waals surface area contributed by atoms with Crippen molar-refractivity contribution in [2.75, 3.05) is 23.7 Å². The highest BCUT2D eigenvalue weighted by Crippen LogP contribution is 2.13. The van der Waals surface area contributed by atoms with Gasteiger partial charge in [0.15, 0.2) is 5.82 Å². The number of aryl methyl sites for hydroxylation is 1. The average Bonchev–Trinajstić information content (AvgIpc) is 2.66. The summed E-state index contributed by atoms with van der Waals surface area (Å²) in [5, 5.41) is 16.7. The second-order valence-corrected chi connectivity index (χ2v) is 5.95. The second kappa shape index (κ2) is 8.85. The highest BCUT2D eigenvalue weighted by molar-refractivity contribution is 5.94. The number of halogens is 2. The summed E-state index contributed by atoms with van der Waals surface area (Å²) >= 11 is 0. The predicted octanol–water partition coefficient (Wildman–Crippen LogP) is 3.04. The van der Waals surface area contributed by atoms with Gasteiger partial charge in [-0.1, -0.05) is 0 Å². The Morgan fingerprint density at radius 3 is 2.46 bits per heavy atom. The van der Waals surface area contributed by atoms with E-state index in [9.17, 15) is 13.6 Å². The molecule has 0 unspecified atom stereocenters. The third-order valence-corrected chi connectivity index (χ3v) is 3.73. The van der Waals surface area contributed by atoms with Gasteiger partial charge in [-0.2, -0.15) is 0 Å². The van der Waals surface area contributed by atoms with Crippen molar-refractivity contribution in [1.29, 1.82) is 0 Å². The normalized spacial score (nSPS) is 10.4. The number of anilines is 3. The van der Waals surface area contributed by atoms with E-state index in [2.05, 4.69) is 31.1 Å². The summed E-state index contributed by atoms with van der Waals surface area (Å²) in [5.74, 6) is -0.511. The Morgan fingerprint density at radius 1 is 0.964 bits per heavy atom. The van der Waals surface area contributed by atoms with Gasteiger partial charge in [-0.05, 0) is 48.9 Å². The van der Waals surface area contributed by atoms with Crippen LogP contribution in [-0.4, -0.2) is 34.2 Å². The third kappa shape index (κ3) is 5.19. The summed E-state index contributed by atoms with van der Waals surface area (Å²) in [6.45, 7) is 2.55. The van der Waals surface area contributed by atoms with Gasteiger partial charge in [0, 0.05) is 25.4 Å². The number of carbonyl (C=O) groups is 1. The summed E-state index contributed by atoms with van der Waals surface area (Å²) in [6, 6.07) is 10.1. The molecule has 1 amide bonds. The van der Waals surface area contributed by atoms with Crippen LogP contribution in [0.3, 0.4) is 0 Å². The number of carbonyl (C=O) groups excluding carboxylic acids is 1. The van der Waals surface area contributed by atoms with Gasteiger partial charge in [-0.15, -0.1) is 10.2 Å². The lowest BCUT2D eigenvalue weighted by Crippen LogP contribution is -2.29. The Kier molecular flexibility index (Phi) is 6.05. The highest BCUT2D eigenvalue weighted by Gasteiger charge is 2.11. The van der Waals surface area contributed by atoms with E-state index in [4.69, 9.17) is 0 Å². The largest absolute Gasteiger partial charge is 0.367 e. The van der Waals surface area contributed by atoms with Crippen LogP contribution in [-0.2, 0) is 0 Å². The van der Waals surface area contributed by atoms with Crippen LogP contribution in [0.25, 0.3) is 0 Å². The molecule has 1 aromatic carbocycles. The monoisotopic (exact) mass is 384 g/mol. The second-order valence-electron chi connectivity index (χ2n) is 5.95. The molecule has 0 saturated heterocycles. The fourth-order valence-corrected chi connectivity index (χ4v) is 2.36. The molecule has 0 fully saturated rings. The number of aromatic nitrogens is 3. The number of hydrogen-bond donors (Lipinski definition) is 3. The highest BCUT2D eigenvalue weighted by atomic mass is 19.1. The first-order valence-corrected chi connectivity index (χ1v) is 8.52. The molecule has 0 aliphatic heterocycles. The van der Waals surface area contributed by atoms with E-state index >= 15 is 0 Å². The van der Waals surface area contributed by atoms with E-state index in [1.165, 1.54) is 0 Å². The zero-order chi connectivity index (χ0) is 19.9. The Morgan fingerprint density at radius 2 is 1.75 bits per heavy atom. The summed E-state index contributed by atoms with van der Waals surface area (Å²) in [7, 11) is 0. The minimum Gasteiger partial charge on any atom is -0.367 e. The van der Waals surface area contributed by atoms with E-state index in [-0.39, 0.29) is 12.1 Å². The van der Waals surface area contributed by atoms with Crippen LogP contribution < -0.4 is 16.0 Å². The van der Waals surface area contributed by atoms with E-state index in [0.29, 0.717) is 30.1 Å². The molecule has 0 atom stereocenters. The van der Waals surface area contributed by atoms with Gasteiger partial charge in [-0.25, -0.2) is 13.8 Å². The topological polar surface area (TPSA) is 91.8 Å². The molecule has 144 valence electrons. The molecule has 0 saturated carbocycles. The molecule has 3 N–H and O–H groups in total. The van der Waals surface area contributed by atoms with Crippen molar-refractivity contribution in [3.63, 3.8) is 0 Å². The molecule has 3 aromatic rings. The predicted molar refractivity (Wildman–Crippen MR) is 101 cm³/mol. The lowest BCUT2D eigenvalue weighted by Gasteiger charge is -2.09. The number of nitrogens with zero attached hydrogens (tertiary/aromatic N) is 3. The quantitative estimate of drug-likeness (QED) is 0.543. The number of benzene rings is 1. The van der Waals surface area contributed by atoms with Crippen molar-refractivity contribution in [1.82, 2.24) is 20.5 Å².